The topological polar surface area (TPSA) is 133 Å². The molecule has 0 aromatic carbocycles. The van der Waals surface area contributed by atoms with E-state index in [0.29, 0.717) is 12.8 Å². The van der Waals surface area contributed by atoms with Crippen LogP contribution in [0.25, 0.3) is 0 Å². The molecule has 31 heavy (non-hydrogen) atoms. The summed E-state index contributed by atoms with van der Waals surface area (Å²) in [5, 5.41) is 0. The Morgan fingerprint density at radius 3 is 1.10 bits per heavy atom. The molecule has 0 aliphatic rings. The fourth-order valence-electron chi connectivity index (χ4n) is 3.05. The van der Waals surface area contributed by atoms with Crippen LogP contribution in [0, 0.1) is 0 Å². The van der Waals surface area contributed by atoms with Crippen LogP contribution in [-0.2, 0) is 27.8 Å². The average Bonchev–Trinajstić information content (AvgIpc) is 2.68. The zero-order chi connectivity index (χ0) is 22.2. The summed E-state index contributed by atoms with van der Waals surface area (Å²) in [6, 6.07) is 0. The molecular formula is C19H36Na2O8P2. The minimum absolute atomic E-state index is 0. The number of carbonyl (C=O) groups is 2. The Morgan fingerprint density at radius 1 is 0.581 bits per heavy atom. The first-order valence-electron chi connectivity index (χ1n) is 10.5. The van der Waals surface area contributed by atoms with Gasteiger partial charge in [-0.3, -0.25) is 14.2 Å². The minimum Gasteiger partial charge on any atom is -0.805 e. The van der Waals surface area contributed by atoms with E-state index in [0.717, 1.165) is 57.8 Å². The van der Waals surface area contributed by atoms with Crippen LogP contribution in [0.3, 0.4) is 0 Å². The predicted octanol–water partition coefficient (Wildman–Crippen LogP) is -1.70. The molecule has 0 unspecified atom stereocenters. The van der Waals surface area contributed by atoms with E-state index in [1.165, 1.54) is 27.1 Å². The molecule has 0 aromatic rings. The van der Waals surface area contributed by atoms with Crippen LogP contribution in [0.4, 0.5) is 0 Å². The van der Waals surface area contributed by atoms with Gasteiger partial charge in [-0.15, -0.1) is 0 Å². The Kier molecular flexibility index (Phi) is 26.5. The van der Waals surface area contributed by atoms with E-state index in [-0.39, 0.29) is 72.0 Å². The fourth-order valence-corrected chi connectivity index (χ4v) is 4.47. The Labute approximate surface area is 231 Å². The summed E-state index contributed by atoms with van der Waals surface area (Å²) in [4.78, 5) is 43.6. The van der Waals surface area contributed by atoms with Gasteiger partial charge in [0.15, 0.2) is 5.52 Å². The van der Waals surface area contributed by atoms with E-state index in [9.17, 15) is 28.5 Å². The Bertz CT molecular complexity index is 561. The first-order chi connectivity index (χ1) is 13.7. The molecule has 0 saturated heterocycles. The van der Waals surface area contributed by atoms with Gasteiger partial charge in [0.2, 0.25) is 5.52 Å². The van der Waals surface area contributed by atoms with Crippen LogP contribution in [0.5, 0.6) is 0 Å². The molecule has 12 heteroatoms. The van der Waals surface area contributed by atoms with Gasteiger partial charge in [-0.2, -0.15) is 0 Å². The zero-order valence-corrected chi connectivity index (χ0v) is 25.6. The van der Waals surface area contributed by atoms with Crippen molar-refractivity contribution in [1.29, 1.82) is 0 Å². The van der Waals surface area contributed by atoms with Crippen molar-refractivity contribution >= 4 is 26.2 Å². The molecule has 0 aromatic heterocycles. The number of hydrogen-bond donors (Lipinski definition) is 0. The molecule has 0 amide bonds. The second kappa shape index (κ2) is 22.1. The number of carbonyl (C=O) groups excluding carboxylic acids is 2. The van der Waals surface area contributed by atoms with Gasteiger partial charge in [-0.05, 0) is 12.8 Å². The van der Waals surface area contributed by atoms with Crippen LogP contribution in [-0.4, -0.2) is 25.3 Å². The quantitative estimate of drug-likeness (QED) is 0.110. The van der Waals surface area contributed by atoms with Crippen molar-refractivity contribution in [2.45, 2.75) is 96.3 Å². The van der Waals surface area contributed by atoms with Gasteiger partial charge in [0.05, 0.1) is 0 Å². The molecule has 0 bridgehead atoms. The third-order valence-corrected chi connectivity index (χ3v) is 7.50. The van der Waals surface area contributed by atoms with Crippen LogP contribution >= 0.6 is 15.2 Å². The smallest absolute Gasteiger partial charge is 0.805 e. The predicted molar refractivity (Wildman–Crippen MR) is 109 cm³/mol. The molecule has 0 fully saturated rings. The maximum atomic E-state index is 11.8. The van der Waals surface area contributed by atoms with Gasteiger partial charge in [-0.25, -0.2) is 0 Å². The summed E-state index contributed by atoms with van der Waals surface area (Å²) < 4.78 is 31.7. The van der Waals surface area contributed by atoms with E-state index in [1.54, 1.807) is 0 Å². The average molecular weight is 500 g/mol. The summed E-state index contributed by atoms with van der Waals surface area (Å²) >= 11 is 0. The fraction of sp³-hybridized carbons (Fsp3) is 0.895. The van der Waals surface area contributed by atoms with E-state index in [1.807, 2.05) is 0 Å². The Hall–Kier alpha value is 1.64. The van der Waals surface area contributed by atoms with Crippen molar-refractivity contribution in [3.05, 3.63) is 0 Å². The molecule has 0 aliphatic heterocycles. The third kappa shape index (κ3) is 19.6. The molecular weight excluding hydrogens is 464 g/mol. The maximum Gasteiger partial charge on any atom is 1.00 e. The standard InChI is InChI=1S/C19H38O8P2.2Na/c1-26-29(25,27-2)19(21)17-15-13-11-9-7-5-3-4-6-8-10-12-14-16-18(20)28(22,23)24;;/h3-17H2,1-2H3,(H2,22,23,24);;/q;2*+1/p-2. The summed E-state index contributed by atoms with van der Waals surface area (Å²) in [5.41, 5.74) is -1.63. The van der Waals surface area contributed by atoms with Gasteiger partial charge in [0.25, 0.3) is 0 Å². The van der Waals surface area contributed by atoms with Crippen molar-refractivity contribution < 1.29 is 96.7 Å². The van der Waals surface area contributed by atoms with Gasteiger partial charge in [0, 0.05) is 34.7 Å². The second-order valence-electron chi connectivity index (χ2n) is 7.24. The van der Waals surface area contributed by atoms with Gasteiger partial charge >= 0.3 is 66.7 Å². The molecule has 0 radical (unpaired) electrons. The molecule has 0 atom stereocenters. The SMILES string of the molecule is COP(=O)(OC)C(=O)CCCCCCCCCCCCCCCC(=O)P(=O)([O-])[O-].[Na+].[Na+]. The summed E-state index contributed by atoms with van der Waals surface area (Å²) in [6.45, 7) is 0. The number of hydrogen-bond acceptors (Lipinski definition) is 8. The van der Waals surface area contributed by atoms with Crippen LogP contribution in [0.15, 0.2) is 0 Å². The molecule has 0 heterocycles. The van der Waals surface area contributed by atoms with Crippen molar-refractivity contribution in [2.24, 2.45) is 0 Å². The molecule has 0 N–H and O–H groups in total. The first-order valence-corrected chi connectivity index (χ1v) is 13.6. The van der Waals surface area contributed by atoms with E-state index < -0.39 is 26.2 Å². The Morgan fingerprint density at radius 2 is 0.839 bits per heavy atom. The van der Waals surface area contributed by atoms with E-state index in [4.69, 9.17) is 0 Å². The Balaban J connectivity index is -0.00000392. The molecule has 0 spiro atoms. The van der Waals surface area contributed by atoms with E-state index >= 15 is 0 Å². The summed E-state index contributed by atoms with van der Waals surface area (Å²) in [6.07, 6.45) is 12.9. The molecule has 0 saturated carbocycles. The molecule has 0 aliphatic carbocycles. The van der Waals surface area contributed by atoms with Crippen LogP contribution in [0.2, 0.25) is 0 Å². The van der Waals surface area contributed by atoms with Gasteiger partial charge in [-0.1, -0.05) is 70.6 Å². The minimum atomic E-state index is -5.03. The largest absolute Gasteiger partial charge is 1.00 e. The summed E-state index contributed by atoms with van der Waals surface area (Å²) in [7, 11) is -6.16. The first kappa shape index (κ1) is 37.2. The van der Waals surface area contributed by atoms with Crippen molar-refractivity contribution in [3.63, 3.8) is 0 Å². The van der Waals surface area contributed by atoms with Crippen molar-refractivity contribution in [2.75, 3.05) is 14.2 Å². The van der Waals surface area contributed by atoms with Gasteiger partial charge in [0.1, 0.15) is 0 Å². The van der Waals surface area contributed by atoms with Gasteiger partial charge < -0.3 is 23.4 Å². The monoisotopic (exact) mass is 500 g/mol. The zero-order valence-electron chi connectivity index (χ0n) is 19.8. The second-order valence-corrected chi connectivity index (χ2v) is 11.0. The molecule has 8 nitrogen and oxygen atoms in total. The molecule has 172 valence electrons. The normalized spacial score (nSPS) is 11.5. The van der Waals surface area contributed by atoms with Crippen LogP contribution in [0.1, 0.15) is 96.3 Å². The van der Waals surface area contributed by atoms with Crippen molar-refractivity contribution in [1.82, 2.24) is 0 Å². The maximum absolute atomic E-state index is 11.8. The third-order valence-electron chi connectivity index (χ3n) is 4.87. The van der Waals surface area contributed by atoms with E-state index in [2.05, 4.69) is 9.05 Å². The van der Waals surface area contributed by atoms with Crippen molar-refractivity contribution in [3.8, 4) is 0 Å². The number of unbranched alkanes of at least 4 members (excludes halogenated alkanes) is 12. The summed E-state index contributed by atoms with van der Waals surface area (Å²) in [5.74, 6) is 0. The van der Waals surface area contributed by atoms with Crippen LogP contribution < -0.4 is 68.9 Å². The number of rotatable bonds is 20. The molecule has 0 rings (SSSR count).